The van der Waals surface area contributed by atoms with Gasteiger partial charge in [0.15, 0.2) is 11.6 Å². The van der Waals surface area contributed by atoms with E-state index >= 15 is 0 Å². The number of nitrogens with zero attached hydrogens (tertiary/aromatic N) is 3. The fourth-order valence-corrected chi connectivity index (χ4v) is 2.26. The summed E-state index contributed by atoms with van der Waals surface area (Å²) in [6, 6.07) is 11.8. The number of ether oxygens (including phenoxy) is 1. The minimum Gasteiger partial charge on any atom is -0.436 e. The second-order valence-corrected chi connectivity index (χ2v) is 5.33. The Bertz CT molecular complexity index is 834. The van der Waals surface area contributed by atoms with Gasteiger partial charge in [-0.2, -0.15) is 0 Å². The van der Waals surface area contributed by atoms with E-state index in [4.69, 9.17) is 4.74 Å². The topological polar surface area (TPSA) is 59.9 Å². The molecule has 3 aromatic rings. The van der Waals surface area contributed by atoms with Gasteiger partial charge < -0.3 is 10.1 Å². The van der Waals surface area contributed by atoms with Gasteiger partial charge in [0.05, 0.1) is 0 Å². The van der Waals surface area contributed by atoms with Gasteiger partial charge in [-0.05, 0) is 38.1 Å². The summed E-state index contributed by atoms with van der Waals surface area (Å²) in [6.45, 7) is 4.24. The van der Waals surface area contributed by atoms with Gasteiger partial charge in [0.25, 0.3) is 0 Å². The third kappa shape index (κ3) is 3.84. The highest BCUT2D eigenvalue weighted by molar-refractivity contribution is 5.36. The monoisotopic (exact) mass is 324 g/mol. The van der Waals surface area contributed by atoms with Gasteiger partial charge in [0.1, 0.15) is 0 Å². The molecule has 0 aliphatic carbocycles. The maximum Gasteiger partial charge on any atom is 0.224 e. The van der Waals surface area contributed by atoms with Crippen LogP contribution in [0.2, 0.25) is 0 Å². The first-order chi connectivity index (χ1) is 11.6. The summed E-state index contributed by atoms with van der Waals surface area (Å²) in [5, 5.41) is 3.15. The van der Waals surface area contributed by atoms with Crippen LogP contribution in [0.15, 0.2) is 48.7 Å². The van der Waals surface area contributed by atoms with Gasteiger partial charge in [0.2, 0.25) is 11.8 Å². The first kappa shape index (κ1) is 15.9. The van der Waals surface area contributed by atoms with Crippen LogP contribution in [0, 0.1) is 19.7 Å². The molecule has 0 amide bonds. The van der Waals surface area contributed by atoms with E-state index in [1.54, 1.807) is 30.5 Å². The van der Waals surface area contributed by atoms with Crippen LogP contribution in [0.25, 0.3) is 0 Å². The van der Waals surface area contributed by atoms with Gasteiger partial charge in [-0.15, -0.1) is 0 Å². The molecule has 2 heterocycles. The van der Waals surface area contributed by atoms with Gasteiger partial charge in [-0.25, -0.2) is 19.3 Å². The van der Waals surface area contributed by atoms with Crippen molar-refractivity contribution in [1.29, 1.82) is 0 Å². The molecular weight excluding hydrogens is 307 g/mol. The molecule has 0 saturated carbocycles. The molecule has 0 fully saturated rings. The molecule has 0 saturated heterocycles. The molecule has 6 heteroatoms. The number of anilines is 1. The Kier molecular flexibility index (Phi) is 4.65. The molecule has 0 aliphatic heterocycles. The summed E-state index contributed by atoms with van der Waals surface area (Å²) in [7, 11) is 0. The average Bonchev–Trinajstić information content (AvgIpc) is 2.55. The minimum atomic E-state index is -0.431. The number of aryl methyl sites for hydroxylation is 2. The first-order valence-electron chi connectivity index (χ1n) is 7.54. The number of hydrogen-bond donors (Lipinski definition) is 1. The van der Waals surface area contributed by atoms with Gasteiger partial charge >= 0.3 is 0 Å². The predicted octanol–water partition coefficient (Wildman–Crippen LogP) is 4.03. The van der Waals surface area contributed by atoms with E-state index < -0.39 is 5.82 Å². The lowest BCUT2D eigenvalue weighted by atomic mass is 10.2. The van der Waals surface area contributed by atoms with E-state index in [0.717, 1.165) is 17.0 Å². The van der Waals surface area contributed by atoms with Crippen LogP contribution in [-0.4, -0.2) is 15.0 Å². The largest absolute Gasteiger partial charge is 0.436 e. The number of halogens is 1. The molecule has 3 rings (SSSR count). The average molecular weight is 324 g/mol. The standard InChI is InChI=1S/C18H17FN4O/c1-12-10-13(2)23-18(22-12)21-11-14-6-5-9-20-17(14)24-16-8-4-3-7-15(16)19/h3-10H,11H2,1-2H3,(H,21,22,23). The molecule has 24 heavy (non-hydrogen) atoms. The van der Waals surface area contributed by atoms with Crippen LogP contribution >= 0.6 is 0 Å². The SMILES string of the molecule is Cc1cc(C)nc(NCc2cccnc2Oc2ccccc2F)n1. The summed E-state index contributed by atoms with van der Waals surface area (Å²) in [5.41, 5.74) is 2.56. The number of benzene rings is 1. The summed E-state index contributed by atoms with van der Waals surface area (Å²) < 4.78 is 19.4. The summed E-state index contributed by atoms with van der Waals surface area (Å²) in [6.07, 6.45) is 1.60. The molecule has 0 aliphatic rings. The van der Waals surface area contributed by atoms with E-state index in [1.807, 2.05) is 26.0 Å². The quantitative estimate of drug-likeness (QED) is 0.768. The second kappa shape index (κ2) is 7.04. The summed E-state index contributed by atoms with van der Waals surface area (Å²) in [4.78, 5) is 12.9. The smallest absolute Gasteiger partial charge is 0.224 e. The lowest BCUT2D eigenvalue weighted by molar-refractivity contribution is 0.423. The first-order valence-corrected chi connectivity index (χ1v) is 7.54. The molecule has 0 spiro atoms. The summed E-state index contributed by atoms with van der Waals surface area (Å²) >= 11 is 0. The molecule has 0 bridgehead atoms. The minimum absolute atomic E-state index is 0.139. The van der Waals surface area contributed by atoms with Gasteiger partial charge in [-0.3, -0.25) is 0 Å². The molecule has 1 N–H and O–H groups in total. The lowest BCUT2D eigenvalue weighted by Gasteiger charge is -2.11. The molecule has 122 valence electrons. The van der Waals surface area contributed by atoms with Crippen molar-refractivity contribution in [3.05, 3.63) is 71.4 Å². The highest BCUT2D eigenvalue weighted by atomic mass is 19.1. The molecular formula is C18H17FN4O. The Morgan fingerprint density at radius 2 is 1.79 bits per heavy atom. The Hall–Kier alpha value is -3.02. The fourth-order valence-electron chi connectivity index (χ4n) is 2.26. The van der Waals surface area contributed by atoms with Crippen molar-refractivity contribution in [3.63, 3.8) is 0 Å². The van der Waals surface area contributed by atoms with Crippen molar-refractivity contribution in [2.45, 2.75) is 20.4 Å². The fraction of sp³-hybridized carbons (Fsp3) is 0.167. The Morgan fingerprint density at radius 3 is 2.54 bits per heavy atom. The van der Waals surface area contributed by atoms with E-state index in [9.17, 15) is 4.39 Å². The number of para-hydroxylation sites is 1. The Balaban J connectivity index is 1.78. The third-order valence-corrected chi connectivity index (χ3v) is 3.31. The number of hydrogen-bond acceptors (Lipinski definition) is 5. The van der Waals surface area contributed by atoms with E-state index in [0.29, 0.717) is 18.4 Å². The number of nitrogens with one attached hydrogen (secondary N) is 1. The molecule has 0 radical (unpaired) electrons. The molecule has 1 aromatic carbocycles. The van der Waals surface area contributed by atoms with Crippen molar-refractivity contribution in [1.82, 2.24) is 15.0 Å². The zero-order valence-corrected chi connectivity index (χ0v) is 13.5. The van der Waals surface area contributed by atoms with Crippen molar-refractivity contribution < 1.29 is 9.13 Å². The number of rotatable bonds is 5. The maximum absolute atomic E-state index is 13.8. The van der Waals surface area contributed by atoms with Crippen LogP contribution in [0.4, 0.5) is 10.3 Å². The maximum atomic E-state index is 13.8. The van der Waals surface area contributed by atoms with Gasteiger partial charge in [-0.1, -0.05) is 18.2 Å². The number of aromatic nitrogens is 3. The Labute approximate surface area is 139 Å². The van der Waals surface area contributed by atoms with Crippen LogP contribution in [0.5, 0.6) is 11.6 Å². The van der Waals surface area contributed by atoms with Crippen molar-refractivity contribution in [2.24, 2.45) is 0 Å². The highest BCUT2D eigenvalue weighted by Gasteiger charge is 2.10. The lowest BCUT2D eigenvalue weighted by Crippen LogP contribution is -2.07. The van der Waals surface area contributed by atoms with Crippen molar-refractivity contribution in [3.8, 4) is 11.6 Å². The second-order valence-electron chi connectivity index (χ2n) is 5.33. The van der Waals surface area contributed by atoms with Crippen LogP contribution < -0.4 is 10.1 Å². The molecule has 5 nitrogen and oxygen atoms in total. The van der Waals surface area contributed by atoms with E-state index in [-0.39, 0.29) is 5.75 Å². The van der Waals surface area contributed by atoms with Crippen LogP contribution in [0.3, 0.4) is 0 Å². The van der Waals surface area contributed by atoms with Gasteiger partial charge in [0, 0.05) is 29.7 Å². The van der Waals surface area contributed by atoms with E-state index in [2.05, 4.69) is 20.3 Å². The number of pyridine rings is 1. The molecule has 2 aromatic heterocycles. The van der Waals surface area contributed by atoms with Crippen molar-refractivity contribution >= 4 is 5.95 Å². The highest BCUT2D eigenvalue weighted by Crippen LogP contribution is 2.25. The van der Waals surface area contributed by atoms with Crippen LogP contribution in [0.1, 0.15) is 17.0 Å². The third-order valence-electron chi connectivity index (χ3n) is 3.31. The molecule has 0 atom stereocenters. The van der Waals surface area contributed by atoms with E-state index in [1.165, 1.54) is 6.07 Å². The van der Waals surface area contributed by atoms with Crippen molar-refractivity contribution in [2.75, 3.05) is 5.32 Å². The molecule has 0 unspecified atom stereocenters. The van der Waals surface area contributed by atoms with Crippen LogP contribution in [-0.2, 0) is 6.54 Å². The summed E-state index contributed by atoms with van der Waals surface area (Å²) in [5.74, 6) is 0.590. The normalized spacial score (nSPS) is 10.5. The zero-order valence-electron chi connectivity index (χ0n) is 13.5. The predicted molar refractivity (Wildman–Crippen MR) is 89.5 cm³/mol. The Morgan fingerprint density at radius 1 is 1.04 bits per heavy atom. The zero-order chi connectivity index (χ0) is 16.9.